The molecule has 0 spiro atoms. The van der Waals surface area contributed by atoms with Crippen LogP contribution in [0.3, 0.4) is 0 Å². The summed E-state index contributed by atoms with van der Waals surface area (Å²) < 4.78 is 5.89. The summed E-state index contributed by atoms with van der Waals surface area (Å²) in [6, 6.07) is 6.60. The predicted octanol–water partition coefficient (Wildman–Crippen LogP) is 3.69. The standard InChI is InChI=1S/C16H25NO/c1-11(2)8-12(3)10-18-14-5-6-15-13(9-14)4-7-16(15)17/h5-6,9,11-12,16H,4,7-8,10,17H2,1-3H3/t12?,16-/m0/s1. The fourth-order valence-electron chi connectivity index (χ4n) is 2.83. The van der Waals surface area contributed by atoms with Crippen LogP contribution in [0.25, 0.3) is 0 Å². The van der Waals surface area contributed by atoms with Crippen molar-refractivity contribution in [1.82, 2.24) is 0 Å². The third kappa shape index (κ3) is 3.26. The molecule has 2 N–H and O–H groups in total. The second-order valence-electron chi connectivity index (χ2n) is 6.05. The largest absolute Gasteiger partial charge is 0.493 e. The molecule has 0 saturated heterocycles. The van der Waals surface area contributed by atoms with Gasteiger partial charge in [0.15, 0.2) is 0 Å². The van der Waals surface area contributed by atoms with Gasteiger partial charge in [0.25, 0.3) is 0 Å². The first-order valence-corrected chi connectivity index (χ1v) is 7.07. The van der Waals surface area contributed by atoms with E-state index in [9.17, 15) is 0 Å². The number of nitrogens with two attached hydrogens (primary N) is 1. The number of benzene rings is 1. The highest BCUT2D eigenvalue weighted by atomic mass is 16.5. The van der Waals surface area contributed by atoms with E-state index in [0.717, 1.165) is 31.1 Å². The summed E-state index contributed by atoms with van der Waals surface area (Å²) in [4.78, 5) is 0. The third-order valence-electron chi connectivity index (χ3n) is 3.65. The van der Waals surface area contributed by atoms with Gasteiger partial charge >= 0.3 is 0 Å². The topological polar surface area (TPSA) is 35.2 Å². The summed E-state index contributed by atoms with van der Waals surface area (Å²) in [5, 5.41) is 0. The second kappa shape index (κ2) is 5.75. The molecule has 2 heteroatoms. The van der Waals surface area contributed by atoms with E-state index >= 15 is 0 Å². The van der Waals surface area contributed by atoms with Crippen LogP contribution >= 0.6 is 0 Å². The van der Waals surface area contributed by atoms with Crippen molar-refractivity contribution in [3.63, 3.8) is 0 Å². The summed E-state index contributed by atoms with van der Waals surface area (Å²) in [7, 11) is 0. The maximum absolute atomic E-state index is 6.03. The van der Waals surface area contributed by atoms with Crippen molar-refractivity contribution in [2.45, 2.75) is 46.1 Å². The van der Waals surface area contributed by atoms with Gasteiger partial charge in [-0.15, -0.1) is 0 Å². The van der Waals surface area contributed by atoms with Crippen molar-refractivity contribution >= 4 is 0 Å². The molecule has 1 aliphatic rings. The second-order valence-corrected chi connectivity index (χ2v) is 6.05. The molecule has 0 aliphatic heterocycles. The number of ether oxygens (including phenoxy) is 1. The molecule has 0 fully saturated rings. The van der Waals surface area contributed by atoms with Gasteiger partial charge in [-0.25, -0.2) is 0 Å². The van der Waals surface area contributed by atoms with E-state index < -0.39 is 0 Å². The number of aryl methyl sites for hydroxylation is 1. The molecule has 2 nitrogen and oxygen atoms in total. The molecule has 1 aromatic carbocycles. The molecule has 0 aromatic heterocycles. The minimum Gasteiger partial charge on any atom is -0.493 e. The fraction of sp³-hybridized carbons (Fsp3) is 0.625. The van der Waals surface area contributed by atoms with Crippen LogP contribution in [0, 0.1) is 11.8 Å². The summed E-state index contributed by atoms with van der Waals surface area (Å²) in [6.45, 7) is 7.58. The molecule has 100 valence electrons. The normalized spacial score (nSPS) is 19.9. The lowest BCUT2D eigenvalue weighted by atomic mass is 10.00. The highest BCUT2D eigenvalue weighted by Gasteiger charge is 2.19. The quantitative estimate of drug-likeness (QED) is 0.861. The first-order chi connectivity index (χ1) is 8.56. The highest BCUT2D eigenvalue weighted by molar-refractivity contribution is 5.40. The Bertz CT molecular complexity index is 400. The van der Waals surface area contributed by atoms with Crippen LogP contribution in [0.1, 0.15) is 50.8 Å². The van der Waals surface area contributed by atoms with Crippen molar-refractivity contribution in [2.24, 2.45) is 17.6 Å². The predicted molar refractivity (Wildman–Crippen MR) is 75.8 cm³/mol. The van der Waals surface area contributed by atoms with Crippen molar-refractivity contribution in [3.8, 4) is 5.75 Å². The Labute approximate surface area is 111 Å². The van der Waals surface area contributed by atoms with Crippen LogP contribution < -0.4 is 10.5 Å². The molecule has 1 aromatic rings. The Balaban J connectivity index is 1.91. The summed E-state index contributed by atoms with van der Waals surface area (Å²) in [6.07, 6.45) is 3.38. The van der Waals surface area contributed by atoms with Gasteiger partial charge in [0.05, 0.1) is 6.61 Å². The molecule has 1 aliphatic carbocycles. The van der Waals surface area contributed by atoms with Crippen molar-refractivity contribution in [1.29, 1.82) is 0 Å². The molecule has 0 saturated carbocycles. The molecule has 0 radical (unpaired) electrons. The third-order valence-corrected chi connectivity index (χ3v) is 3.65. The van der Waals surface area contributed by atoms with Crippen LogP contribution in [-0.4, -0.2) is 6.61 Å². The van der Waals surface area contributed by atoms with Gasteiger partial charge in [-0.05, 0) is 54.4 Å². The van der Waals surface area contributed by atoms with Crippen LogP contribution in [0.4, 0.5) is 0 Å². The Kier molecular flexibility index (Phi) is 4.28. The van der Waals surface area contributed by atoms with Gasteiger partial charge in [0.1, 0.15) is 5.75 Å². The summed E-state index contributed by atoms with van der Waals surface area (Å²) in [5.74, 6) is 2.35. The smallest absolute Gasteiger partial charge is 0.119 e. The van der Waals surface area contributed by atoms with Gasteiger partial charge in [0.2, 0.25) is 0 Å². The zero-order valence-corrected chi connectivity index (χ0v) is 11.8. The Morgan fingerprint density at radius 1 is 1.33 bits per heavy atom. The van der Waals surface area contributed by atoms with E-state index in [4.69, 9.17) is 10.5 Å². The van der Waals surface area contributed by atoms with Gasteiger partial charge in [-0.3, -0.25) is 0 Å². The number of fused-ring (bicyclic) bond motifs is 1. The zero-order chi connectivity index (χ0) is 13.1. The molecule has 2 rings (SSSR count). The molecule has 0 heterocycles. The number of hydrogen-bond donors (Lipinski definition) is 1. The summed E-state index contributed by atoms with van der Waals surface area (Å²) in [5.41, 5.74) is 8.71. The fourth-order valence-corrected chi connectivity index (χ4v) is 2.83. The van der Waals surface area contributed by atoms with Crippen LogP contribution in [0.2, 0.25) is 0 Å². The van der Waals surface area contributed by atoms with Gasteiger partial charge in [-0.2, -0.15) is 0 Å². The van der Waals surface area contributed by atoms with E-state index in [1.807, 2.05) is 0 Å². The maximum atomic E-state index is 6.03. The molecule has 0 bridgehead atoms. The molecule has 0 amide bonds. The van der Waals surface area contributed by atoms with E-state index in [0.29, 0.717) is 5.92 Å². The van der Waals surface area contributed by atoms with Crippen molar-refractivity contribution in [3.05, 3.63) is 29.3 Å². The minimum absolute atomic E-state index is 0.230. The van der Waals surface area contributed by atoms with Crippen LogP contribution in [0.15, 0.2) is 18.2 Å². The lowest BCUT2D eigenvalue weighted by Gasteiger charge is -2.15. The lowest BCUT2D eigenvalue weighted by molar-refractivity contribution is 0.239. The maximum Gasteiger partial charge on any atom is 0.119 e. The number of rotatable bonds is 5. The Morgan fingerprint density at radius 3 is 2.83 bits per heavy atom. The van der Waals surface area contributed by atoms with E-state index in [-0.39, 0.29) is 6.04 Å². The zero-order valence-electron chi connectivity index (χ0n) is 11.8. The molecule has 2 atom stereocenters. The SMILES string of the molecule is CC(C)CC(C)COc1ccc2c(c1)CC[C@@H]2N. The molecule has 1 unspecified atom stereocenters. The van der Waals surface area contributed by atoms with E-state index in [1.165, 1.54) is 17.5 Å². The van der Waals surface area contributed by atoms with Crippen LogP contribution in [-0.2, 0) is 6.42 Å². The first kappa shape index (κ1) is 13.4. The van der Waals surface area contributed by atoms with Crippen molar-refractivity contribution in [2.75, 3.05) is 6.61 Å². The average molecular weight is 247 g/mol. The molecular formula is C16H25NO. The first-order valence-electron chi connectivity index (χ1n) is 7.07. The number of hydrogen-bond acceptors (Lipinski definition) is 2. The van der Waals surface area contributed by atoms with Crippen LogP contribution in [0.5, 0.6) is 5.75 Å². The Hall–Kier alpha value is -1.02. The lowest BCUT2D eigenvalue weighted by Crippen LogP contribution is -2.11. The van der Waals surface area contributed by atoms with Gasteiger partial charge in [0, 0.05) is 6.04 Å². The van der Waals surface area contributed by atoms with E-state index in [1.54, 1.807) is 0 Å². The van der Waals surface area contributed by atoms with Gasteiger partial charge in [-0.1, -0.05) is 26.8 Å². The van der Waals surface area contributed by atoms with Gasteiger partial charge < -0.3 is 10.5 Å². The average Bonchev–Trinajstić information content (AvgIpc) is 2.67. The highest BCUT2D eigenvalue weighted by Crippen LogP contribution is 2.32. The van der Waals surface area contributed by atoms with Crippen molar-refractivity contribution < 1.29 is 4.74 Å². The summed E-state index contributed by atoms with van der Waals surface area (Å²) >= 11 is 0. The monoisotopic (exact) mass is 247 g/mol. The van der Waals surface area contributed by atoms with E-state index in [2.05, 4.69) is 39.0 Å². The molecule has 18 heavy (non-hydrogen) atoms. The minimum atomic E-state index is 0.230. The Morgan fingerprint density at radius 2 is 2.11 bits per heavy atom. The molecular weight excluding hydrogens is 222 g/mol.